The van der Waals surface area contributed by atoms with Gasteiger partial charge < -0.3 is 16.2 Å². The number of fused-ring (bicyclic) bond motifs is 2. The van der Waals surface area contributed by atoms with Crippen LogP contribution in [0.3, 0.4) is 0 Å². The third-order valence-corrected chi connectivity index (χ3v) is 7.92. The van der Waals surface area contributed by atoms with E-state index >= 15 is 0 Å². The Morgan fingerprint density at radius 3 is 2.68 bits per heavy atom. The maximum atomic E-state index is 13.2. The van der Waals surface area contributed by atoms with E-state index in [0.717, 1.165) is 47.9 Å². The zero-order valence-corrected chi connectivity index (χ0v) is 19.8. The Kier molecular flexibility index (Phi) is 5.68. The highest BCUT2D eigenvalue weighted by molar-refractivity contribution is 6.00. The number of aliphatic hydroxyl groups is 1. The van der Waals surface area contributed by atoms with Gasteiger partial charge in [-0.05, 0) is 60.1 Å². The molecule has 2 aromatic carbocycles. The molecule has 0 unspecified atom stereocenters. The van der Waals surface area contributed by atoms with Crippen molar-refractivity contribution in [3.8, 4) is 0 Å². The van der Waals surface area contributed by atoms with E-state index < -0.39 is 17.7 Å². The quantitative estimate of drug-likeness (QED) is 0.637. The Morgan fingerprint density at radius 1 is 1.18 bits per heavy atom. The van der Waals surface area contributed by atoms with E-state index in [1.54, 1.807) is 4.90 Å². The molecule has 3 aliphatic rings. The minimum absolute atomic E-state index is 0.00501. The van der Waals surface area contributed by atoms with Gasteiger partial charge in [0.15, 0.2) is 5.96 Å². The van der Waals surface area contributed by atoms with Crippen molar-refractivity contribution >= 4 is 17.8 Å². The summed E-state index contributed by atoms with van der Waals surface area (Å²) >= 11 is 0. The Morgan fingerprint density at radius 2 is 1.94 bits per heavy atom. The van der Waals surface area contributed by atoms with Crippen molar-refractivity contribution in [3.63, 3.8) is 0 Å². The van der Waals surface area contributed by atoms with E-state index in [4.69, 9.17) is 10.7 Å². The smallest absolute Gasteiger partial charge is 0.251 e. The van der Waals surface area contributed by atoms with Crippen molar-refractivity contribution in [2.75, 3.05) is 0 Å². The molecular weight excluding hydrogens is 428 g/mol. The molecule has 34 heavy (non-hydrogen) atoms. The number of nitrogens with zero attached hydrogens (tertiary/aromatic N) is 2. The first kappa shape index (κ1) is 22.6. The second-order valence-electron chi connectivity index (χ2n) is 9.73. The number of amides is 2. The molecule has 0 fully saturated rings. The minimum Gasteiger partial charge on any atom is -0.390 e. The van der Waals surface area contributed by atoms with Crippen LogP contribution in [0.15, 0.2) is 47.5 Å². The van der Waals surface area contributed by atoms with Crippen molar-refractivity contribution in [3.05, 3.63) is 70.3 Å². The van der Waals surface area contributed by atoms with Crippen molar-refractivity contribution in [1.82, 2.24) is 10.2 Å². The molecule has 2 amide bonds. The number of guanidine groups is 1. The number of nitrogens with one attached hydrogen (secondary N) is 1. The second-order valence-corrected chi connectivity index (χ2v) is 9.73. The first-order valence-corrected chi connectivity index (χ1v) is 12.2. The van der Waals surface area contributed by atoms with Crippen LogP contribution in [-0.4, -0.2) is 39.4 Å². The summed E-state index contributed by atoms with van der Waals surface area (Å²) in [4.78, 5) is 32.8. The Balaban J connectivity index is 1.40. The summed E-state index contributed by atoms with van der Waals surface area (Å²) < 4.78 is 0. The number of nitrogens with two attached hydrogens (primary N) is 1. The summed E-state index contributed by atoms with van der Waals surface area (Å²) in [7, 11) is 0. The summed E-state index contributed by atoms with van der Waals surface area (Å²) in [5, 5.41) is 13.5. The van der Waals surface area contributed by atoms with E-state index in [2.05, 4.69) is 5.32 Å². The molecule has 7 heteroatoms. The summed E-state index contributed by atoms with van der Waals surface area (Å²) in [6.45, 7) is 4.08. The molecule has 1 aliphatic heterocycles. The van der Waals surface area contributed by atoms with Gasteiger partial charge in [0.1, 0.15) is 0 Å². The number of hydrogen-bond acceptors (Lipinski definition) is 5. The van der Waals surface area contributed by atoms with Gasteiger partial charge in [0.05, 0.1) is 30.1 Å². The molecule has 0 aromatic heterocycles. The molecule has 0 spiro atoms. The number of benzene rings is 2. The SMILES string of the molecule is CCC1(CC)CC(=O)N([C@@H]2CCc3ccc(C(=O)N[C@@H]4c5ccccc5C[C@H]4O)cc32)C(N)=N1. The zero-order valence-electron chi connectivity index (χ0n) is 19.8. The van der Waals surface area contributed by atoms with Gasteiger partial charge in [0, 0.05) is 12.0 Å². The highest BCUT2D eigenvalue weighted by atomic mass is 16.3. The van der Waals surface area contributed by atoms with E-state index in [0.29, 0.717) is 18.4 Å². The average molecular weight is 461 g/mol. The maximum Gasteiger partial charge on any atom is 0.251 e. The molecule has 4 N–H and O–H groups in total. The summed E-state index contributed by atoms with van der Waals surface area (Å²) in [6, 6.07) is 12.8. The zero-order chi connectivity index (χ0) is 24.0. The van der Waals surface area contributed by atoms with Gasteiger partial charge in [-0.25, -0.2) is 4.99 Å². The monoisotopic (exact) mass is 460 g/mol. The fourth-order valence-corrected chi connectivity index (χ4v) is 5.78. The lowest BCUT2D eigenvalue weighted by Crippen LogP contribution is -2.52. The van der Waals surface area contributed by atoms with Crippen molar-refractivity contribution in [2.24, 2.45) is 10.7 Å². The van der Waals surface area contributed by atoms with E-state index in [-0.39, 0.29) is 23.8 Å². The molecule has 0 radical (unpaired) electrons. The molecule has 1 heterocycles. The standard InChI is InChI=1S/C27H32N4O3/c1-3-27(4-2)15-23(33)31(26(28)30-27)21-12-11-16-9-10-18(13-20(16)21)25(34)29-24-19-8-6-5-7-17(19)14-22(24)32/h5-10,13,21-22,24,32H,3-4,11-12,14-15H2,1-2H3,(H2,28,30)(H,29,34)/t21-,22-,24-/m1/s1. The van der Waals surface area contributed by atoms with Gasteiger partial charge in [-0.1, -0.05) is 44.2 Å². The third-order valence-electron chi connectivity index (χ3n) is 7.92. The van der Waals surface area contributed by atoms with Crippen LogP contribution in [0, 0.1) is 0 Å². The Labute approximate surface area is 200 Å². The van der Waals surface area contributed by atoms with Gasteiger partial charge in [-0.3, -0.25) is 14.5 Å². The van der Waals surface area contributed by atoms with Gasteiger partial charge in [-0.2, -0.15) is 0 Å². The first-order chi connectivity index (χ1) is 16.4. The molecular formula is C27H32N4O3. The summed E-state index contributed by atoms with van der Waals surface area (Å²) in [6.07, 6.45) is 3.34. The molecule has 0 saturated heterocycles. The predicted octanol–water partition coefficient (Wildman–Crippen LogP) is 3.17. The fraction of sp³-hybridized carbons (Fsp3) is 0.444. The number of hydrogen-bond donors (Lipinski definition) is 3. The molecule has 0 saturated carbocycles. The third kappa shape index (κ3) is 3.68. The minimum atomic E-state index is -0.650. The largest absolute Gasteiger partial charge is 0.390 e. The van der Waals surface area contributed by atoms with E-state index in [9.17, 15) is 14.7 Å². The molecule has 0 bridgehead atoms. The Bertz CT molecular complexity index is 1170. The number of aliphatic imine (C=N–C) groups is 1. The molecule has 2 aliphatic carbocycles. The summed E-state index contributed by atoms with van der Waals surface area (Å²) in [5.74, 6) is 0.0322. The van der Waals surface area contributed by atoms with Gasteiger partial charge in [0.25, 0.3) is 5.91 Å². The van der Waals surface area contributed by atoms with Crippen LogP contribution in [-0.2, 0) is 17.6 Å². The fourth-order valence-electron chi connectivity index (χ4n) is 5.78. The predicted molar refractivity (Wildman–Crippen MR) is 130 cm³/mol. The van der Waals surface area contributed by atoms with Crippen LogP contribution < -0.4 is 11.1 Å². The van der Waals surface area contributed by atoms with E-state index in [1.165, 1.54) is 0 Å². The highest BCUT2D eigenvalue weighted by Crippen LogP contribution is 2.40. The Hall–Kier alpha value is -3.19. The topological polar surface area (TPSA) is 108 Å². The highest BCUT2D eigenvalue weighted by Gasteiger charge is 2.42. The number of carbonyl (C=O) groups is 2. The summed E-state index contributed by atoms with van der Waals surface area (Å²) in [5.41, 5.74) is 10.5. The van der Waals surface area contributed by atoms with Crippen LogP contribution in [0.5, 0.6) is 0 Å². The number of rotatable bonds is 5. The van der Waals surface area contributed by atoms with Crippen LogP contribution in [0.25, 0.3) is 0 Å². The van der Waals surface area contributed by atoms with Crippen LogP contribution >= 0.6 is 0 Å². The number of aryl methyl sites for hydroxylation is 1. The van der Waals surface area contributed by atoms with Crippen molar-refractivity contribution in [1.29, 1.82) is 0 Å². The van der Waals surface area contributed by atoms with Crippen molar-refractivity contribution in [2.45, 2.75) is 76.1 Å². The molecule has 7 nitrogen and oxygen atoms in total. The van der Waals surface area contributed by atoms with Crippen molar-refractivity contribution < 1.29 is 14.7 Å². The number of aliphatic hydroxyl groups excluding tert-OH is 1. The lowest BCUT2D eigenvalue weighted by Gasteiger charge is -2.39. The lowest BCUT2D eigenvalue weighted by molar-refractivity contribution is -0.131. The maximum absolute atomic E-state index is 13.2. The molecule has 178 valence electrons. The molecule has 2 aromatic rings. The van der Waals surface area contributed by atoms with E-state index in [1.807, 2.05) is 56.3 Å². The van der Waals surface area contributed by atoms with Gasteiger partial charge >= 0.3 is 0 Å². The van der Waals surface area contributed by atoms with Gasteiger partial charge in [0.2, 0.25) is 5.91 Å². The average Bonchev–Trinajstić information content (AvgIpc) is 3.39. The van der Waals surface area contributed by atoms with Crippen LogP contribution in [0.4, 0.5) is 0 Å². The normalized spacial score (nSPS) is 25.0. The van der Waals surface area contributed by atoms with Crippen LogP contribution in [0.1, 0.15) is 84.2 Å². The molecule has 3 atom stereocenters. The molecule has 5 rings (SSSR count). The second kappa shape index (κ2) is 8.55. The van der Waals surface area contributed by atoms with Gasteiger partial charge in [-0.15, -0.1) is 0 Å². The number of carbonyl (C=O) groups excluding carboxylic acids is 2. The lowest BCUT2D eigenvalue weighted by atomic mass is 9.87. The van der Waals surface area contributed by atoms with Crippen LogP contribution in [0.2, 0.25) is 0 Å². The first-order valence-electron chi connectivity index (χ1n) is 12.2.